The smallest absolute Gasteiger partial charge is 0.193 e. The maximum absolute atomic E-state index is 4.16. The first-order valence-electron chi connectivity index (χ1n) is 4.20. The summed E-state index contributed by atoms with van der Waals surface area (Å²) in [4.78, 5) is 1.43. The van der Waals surface area contributed by atoms with Gasteiger partial charge in [-0.15, -0.1) is 10.2 Å². The van der Waals surface area contributed by atoms with E-state index in [-0.39, 0.29) is 0 Å². The van der Waals surface area contributed by atoms with Crippen molar-refractivity contribution in [1.29, 1.82) is 0 Å². The lowest BCUT2D eigenvalue weighted by atomic mass is 10.5. The molecule has 0 saturated carbocycles. The molecular weight excluding hydrogens is 182 g/mol. The molecule has 2 aromatic heterocycles. The Morgan fingerprint density at radius 1 is 1.36 bits per heavy atom. The fraction of sp³-hybridized carbons (Fsp3) is 0.429. The van der Waals surface area contributed by atoms with E-state index in [1.54, 1.807) is 11.7 Å². The summed E-state index contributed by atoms with van der Waals surface area (Å²) in [6, 6.07) is 1.89. The van der Waals surface area contributed by atoms with Crippen LogP contribution in [0.3, 0.4) is 0 Å². The molecule has 0 atom stereocenters. The normalized spacial score (nSPS) is 10.4. The molecule has 7 nitrogen and oxygen atoms in total. The molecule has 0 radical (unpaired) electrons. The van der Waals surface area contributed by atoms with Crippen molar-refractivity contribution in [2.24, 2.45) is 14.1 Å². The van der Waals surface area contributed by atoms with Gasteiger partial charge in [-0.25, -0.2) is 0 Å². The average molecular weight is 193 g/mol. The number of aromatic nitrogens is 6. The Kier molecular flexibility index (Phi) is 2.13. The van der Waals surface area contributed by atoms with E-state index in [9.17, 15) is 0 Å². The van der Waals surface area contributed by atoms with E-state index in [0.29, 0.717) is 12.4 Å². The lowest BCUT2D eigenvalue weighted by Crippen LogP contribution is -2.03. The van der Waals surface area contributed by atoms with E-state index in [4.69, 9.17) is 0 Å². The van der Waals surface area contributed by atoms with Crippen molar-refractivity contribution < 1.29 is 0 Å². The lowest BCUT2D eigenvalue weighted by molar-refractivity contribution is 0.628. The molecular formula is C7H11N7. The highest BCUT2D eigenvalue weighted by Crippen LogP contribution is 2.01. The second-order valence-electron chi connectivity index (χ2n) is 2.92. The number of anilines is 1. The van der Waals surface area contributed by atoms with Gasteiger partial charge in [0.25, 0.3) is 0 Å². The molecule has 0 fully saturated rings. The summed E-state index contributed by atoms with van der Waals surface area (Å²) in [6.45, 7) is 0.533. The summed E-state index contributed by atoms with van der Waals surface area (Å²) in [5.74, 6) is 1.46. The minimum atomic E-state index is 0.533. The van der Waals surface area contributed by atoms with Crippen LogP contribution in [0.2, 0.25) is 0 Å². The predicted octanol–water partition coefficient (Wildman–Crippen LogP) is -0.444. The van der Waals surface area contributed by atoms with Crippen LogP contribution in [0.1, 0.15) is 5.82 Å². The van der Waals surface area contributed by atoms with E-state index >= 15 is 0 Å². The summed E-state index contributed by atoms with van der Waals surface area (Å²) in [5.41, 5.74) is 0. The van der Waals surface area contributed by atoms with E-state index in [1.807, 2.05) is 19.3 Å². The summed E-state index contributed by atoms with van der Waals surface area (Å²) >= 11 is 0. The van der Waals surface area contributed by atoms with Crippen molar-refractivity contribution in [1.82, 2.24) is 30.0 Å². The minimum absolute atomic E-state index is 0.533. The molecule has 0 aliphatic carbocycles. The molecule has 74 valence electrons. The van der Waals surface area contributed by atoms with Crippen LogP contribution in [-0.4, -0.2) is 30.0 Å². The van der Waals surface area contributed by atoms with E-state index in [1.165, 1.54) is 4.80 Å². The van der Waals surface area contributed by atoms with Gasteiger partial charge < -0.3 is 5.32 Å². The molecule has 2 rings (SSSR count). The lowest BCUT2D eigenvalue weighted by Gasteiger charge is -1.96. The Hall–Kier alpha value is -1.92. The standard InChI is InChI=1S/C7H11N7/c1-13-4-3-6(10-13)8-5-7-9-12-14(2)11-7/h3-4H,5H2,1-2H3,(H,8,10). The summed E-state index contributed by atoms with van der Waals surface area (Å²) < 4.78 is 1.73. The number of rotatable bonds is 3. The molecule has 0 bridgehead atoms. The third kappa shape index (κ3) is 1.87. The number of aryl methyl sites for hydroxylation is 2. The molecule has 0 saturated heterocycles. The first-order chi connectivity index (χ1) is 6.74. The molecule has 0 aliphatic rings. The van der Waals surface area contributed by atoms with Gasteiger partial charge in [-0.05, 0) is 5.21 Å². The van der Waals surface area contributed by atoms with E-state index in [2.05, 4.69) is 25.8 Å². The molecule has 14 heavy (non-hydrogen) atoms. The molecule has 2 heterocycles. The van der Waals surface area contributed by atoms with Crippen molar-refractivity contribution in [3.63, 3.8) is 0 Å². The van der Waals surface area contributed by atoms with Crippen LogP contribution in [0.5, 0.6) is 0 Å². The zero-order valence-electron chi connectivity index (χ0n) is 8.05. The Morgan fingerprint density at radius 3 is 2.79 bits per heavy atom. The Balaban J connectivity index is 1.94. The molecule has 7 heteroatoms. The van der Waals surface area contributed by atoms with Crippen molar-refractivity contribution >= 4 is 5.82 Å². The van der Waals surface area contributed by atoms with Crippen LogP contribution in [-0.2, 0) is 20.6 Å². The Labute approximate surface area is 80.7 Å². The third-order valence-electron chi connectivity index (χ3n) is 1.69. The Morgan fingerprint density at radius 2 is 2.21 bits per heavy atom. The number of hydrogen-bond donors (Lipinski definition) is 1. The van der Waals surface area contributed by atoms with Gasteiger partial charge in [-0.3, -0.25) is 4.68 Å². The number of hydrogen-bond acceptors (Lipinski definition) is 5. The molecule has 0 aliphatic heterocycles. The van der Waals surface area contributed by atoms with Gasteiger partial charge in [0.05, 0.1) is 13.6 Å². The fourth-order valence-corrected chi connectivity index (χ4v) is 1.07. The van der Waals surface area contributed by atoms with E-state index in [0.717, 1.165) is 5.82 Å². The van der Waals surface area contributed by atoms with Crippen LogP contribution >= 0.6 is 0 Å². The predicted molar refractivity (Wildman–Crippen MR) is 49.3 cm³/mol. The summed E-state index contributed by atoms with van der Waals surface area (Å²) in [7, 11) is 3.60. The second kappa shape index (κ2) is 3.44. The van der Waals surface area contributed by atoms with Gasteiger partial charge in [-0.1, -0.05) is 0 Å². The van der Waals surface area contributed by atoms with Crippen LogP contribution < -0.4 is 5.32 Å². The van der Waals surface area contributed by atoms with Gasteiger partial charge in [0.1, 0.15) is 5.82 Å². The highest BCUT2D eigenvalue weighted by atomic mass is 15.6. The molecule has 0 unspecified atom stereocenters. The SMILES string of the molecule is Cn1ccc(NCc2nnn(C)n2)n1. The maximum atomic E-state index is 4.16. The van der Waals surface area contributed by atoms with Crippen LogP contribution in [0.25, 0.3) is 0 Å². The fourth-order valence-electron chi connectivity index (χ4n) is 1.07. The molecule has 2 aromatic rings. The largest absolute Gasteiger partial charge is 0.361 e. The van der Waals surface area contributed by atoms with E-state index < -0.39 is 0 Å². The van der Waals surface area contributed by atoms with Crippen molar-refractivity contribution in [3.8, 4) is 0 Å². The third-order valence-corrected chi connectivity index (χ3v) is 1.69. The summed E-state index contributed by atoms with van der Waals surface area (Å²) in [6.07, 6.45) is 1.87. The average Bonchev–Trinajstić information content (AvgIpc) is 2.72. The van der Waals surface area contributed by atoms with Gasteiger partial charge in [0, 0.05) is 19.3 Å². The van der Waals surface area contributed by atoms with Crippen molar-refractivity contribution in [2.45, 2.75) is 6.54 Å². The molecule has 1 N–H and O–H groups in total. The van der Waals surface area contributed by atoms with Crippen LogP contribution in [0.4, 0.5) is 5.82 Å². The van der Waals surface area contributed by atoms with Gasteiger partial charge in [0.15, 0.2) is 5.82 Å². The molecule has 0 amide bonds. The Bertz CT molecular complexity index is 375. The van der Waals surface area contributed by atoms with Crippen LogP contribution in [0.15, 0.2) is 12.3 Å². The maximum Gasteiger partial charge on any atom is 0.193 e. The quantitative estimate of drug-likeness (QED) is 0.715. The first kappa shape index (κ1) is 8.67. The van der Waals surface area contributed by atoms with Gasteiger partial charge >= 0.3 is 0 Å². The minimum Gasteiger partial charge on any atom is -0.361 e. The van der Waals surface area contributed by atoms with Crippen LogP contribution in [0, 0.1) is 0 Å². The number of nitrogens with one attached hydrogen (secondary N) is 1. The van der Waals surface area contributed by atoms with Gasteiger partial charge in [-0.2, -0.15) is 9.90 Å². The van der Waals surface area contributed by atoms with Crippen molar-refractivity contribution in [2.75, 3.05) is 5.32 Å². The van der Waals surface area contributed by atoms with Crippen molar-refractivity contribution in [3.05, 3.63) is 18.1 Å². The van der Waals surface area contributed by atoms with Gasteiger partial charge in [0.2, 0.25) is 0 Å². The number of nitrogens with zero attached hydrogens (tertiary/aromatic N) is 6. The highest BCUT2D eigenvalue weighted by molar-refractivity contribution is 5.31. The topological polar surface area (TPSA) is 73.5 Å². The molecule has 0 spiro atoms. The summed E-state index contributed by atoms with van der Waals surface area (Å²) in [5, 5.41) is 18.8. The first-order valence-corrected chi connectivity index (χ1v) is 4.20. The second-order valence-corrected chi connectivity index (χ2v) is 2.92. The zero-order chi connectivity index (χ0) is 9.97. The number of tetrazole rings is 1. The molecule has 0 aromatic carbocycles. The zero-order valence-corrected chi connectivity index (χ0v) is 8.05. The monoisotopic (exact) mass is 193 g/mol. The highest BCUT2D eigenvalue weighted by Gasteiger charge is 2.00.